The minimum absolute atomic E-state index is 0.247. The van der Waals surface area contributed by atoms with Crippen LogP contribution < -0.4 is 19.8 Å². The molecule has 8 nitrogen and oxygen atoms in total. The molecule has 2 aliphatic rings. The van der Waals surface area contributed by atoms with E-state index in [2.05, 4.69) is 21.8 Å². The Hall–Kier alpha value is -3.14. The molecule has 0 N–H and O–H groups in total. The van der Waals surface area contributed by atoms with Crippen LogP contribution in [0.4, 0.5) is 5.88 Å². The number of rotatable bonds is 5. The number of esters is 1. The highest BCUT2D eigenvalue weighted by molar-refractivity contribution is 7.07. The molecule has 0 amide bonds. The summed E-state index contributed by atoms with van der Waals surface area (Å²) in [4.78, 5) is 36.5. The highest BCUT2D eigenvalue weighted by Gasteiger charge is 2.33. The highest BCUT2D eigenvalue weighted by Crippen LogP contribution is 2.31. The summed E-state index contributed by atoms with van der Waals surface area (Å²) in [6, 6.07) is 10.3. The Morgan fingerprint density at radius 3 is 2.54 bits per heavy atom. The molecule has 10 heteroatoms. The third-order valence-corrected chi connectivity index (χ3v) is 7.71. The number of aromatic nitrogens is 1. The fourth-order valence-electron chi connectivity index (χ4n) is 4.57. The number of benzene rings is 1. The monoisotopic (exact) mass is 540 g/mol. The van der Waals surface area contributed by atoms with Crippen LogP contribution in [0.2, 0.25) is 5.02 Å². The second-order valence-corrected chi connectivity index (χ2v) is 11.0. The molecular formula is C27H29ClN4O4S. The van der Waals surface area contributed by atoms with E-state index in [9.17, 15) is 9.59 Å². The maximum absolute atomic E-state index is 13.7. The van der Waals surface area contributed by atoms with E-state index in [-0.39, 0.29) is 11.7 Å². The smallest absolute Gasteiger partial charge is 0.338 e. The van der Waals surface area contributed by atoms with Gasteiger partial charge in [0.25, 0.3) is 5.56 Å². The van der Waals surface area contributed by atoms with Crippen LogP contribution >= 0.6 is 22.9 Å². The van der Waals surface area contributed by atoms with Gasteiger partial charge in [0, 0.05) is 43.3 Å². The van der Waals surface area contributed by atoms with Crippen molar-refractivity contribution in [3.63, 3.8) is 0 Å². The number of furan rings is 1. The lowest BCUT2D eigenvalue weighted by Gasteiger charge is -2.32. The van der Waals surface area contributed by atoms with E-state index >= 15 is 0 Å². The lowest BCUT2D eigenvalue weighted by molar-refractivity contribution is -0.143. The third-order valence-electron chi connectivity index (χ3n) is 6.47. The molecule has 0 bridgehead atoms. The number of anilines is 1. The van der Waals surface area contributed by atoms with Gasteiger partial charge >= 0.3 is 5.97 Å². The van der Waals surface area contributed by atoms with Crippen molar-refractivity contribution in [2.75, 3.05) is 38.1 Å². The van der Waals surface area contributed by atoms with Gasteiger partial charge in [0.15, 0.2) is 10.7 Å². The molecule has 4 heterocycles. The summed E-state index contributed by atoms with van der Waals surface area (Å²) in [5.41, 5.74) is 1.36. The van der Waals surface area contributed by atoms with Crippen molar-refractivity contribution in [2.24, 2.45) is 4.99 Å². The number of likely N-dealkylation sites (N-methyl/N-ethyl adjacent to an activating group) is 1. The first-order valence-corrected chi connectivity index (χ1v) is 13.4. The van der Waals surface area contributed by atoms with E-state index in [1.165, 1.54) is 11.3 Å². The van der Waals surface area contributed by atoms with Gasteiger partial charge in [0.1, 0.15) is 5.76 Å². The highest BCUT2D eigenvalue weighted by atomic mass is 35.5. The van der Waals surface area contributed by atoms with Crippen LogP contribution in [0, 0.1) is 0 Å². The molecule has 2 aromatic heterocycles. The predicted molar refractivity (Wildman–Crippen MR) is 145 cm³/mol. The van der Waals surface area contributed by atoms with Crippen LogP contribution in [-0.4, -0.2) is 54.8 Å². The normalized spacial score (nSPS) is 18.8. The average molecular weight is 541 g/mol. The topological polar surface area (TPSA) is 80.3 Å². The molecule has 0 spiro atoms. The molecule has 1 aromatic carbocycles. The zero-order chi connectivity index (χ0) is 26.3. The third kappa shape index (κ3) is 5.16. The Labute approximate surface area is 223 Å². The molecule has 37 heavy (non-hydrogen) atoms. The maximum atomic E-state index is 13.7. The van der Waals surface area contributed by atoms with Gasteiger partial charge < -0.3 is 19.0 Å². The number of piperazine rings is 1. The number of thiazole rings is 1. The SMILES string of the molecule is CC1=C(C(=O)OC(C)C)C(c2ccc(Cl)cc2)n2c(sc(=Cc3ccc(N4CCN(C)CC4)o3)c2=O)=N1. The number of nitrogens with zero attached hydrogens (tertiary/aromatic N) is 4. The molecular weight excluding hydrogens is 512 g/mol. The Morgan fingerprint density at radius 2 is 1.86 bits per heavy atom. The molecule has 0 saturated carbocycles. The van der Waals surface area contributed by atoms with Crippen molar-refractivity contribution < 1.29 is 13.9 Å². The first-order chi connectivity index (χ1) is 17.7. The number of ether oxygens (including phenoxy) is 1. The molecule has 2 aliphatic heterocycles. The maximum Gasteiger partial charge on any atom is 0.338 e. The van der Waals surface area contributed by atoms with Gasteiger partial charge in [-0.25, -0.2) is 9.79 Å². The molecule has 1 atom stereocenters. The molecule has 1 saturated heterocycles. The summed E-state index contributed by atoms with van der Waals surface area (Å²) in [5.74, 6) is 0.895. The summed E-state index contributed by atoms with van der Waals surface area (Å²) in [6.45, 7) is 9.08. The van der Waals surface area contributed by atoms with Crippen LogP contribution in [0.15, 0.2) is 61.9 Å². The summed E-state index contributed by atoms with van der Waals surface area (Å²) >= 11 is 7.40. The van der Waals surface area contributed by atoms with E-state index in [0.717, 1.165) is 37.6 Å². The summed E-state index contributed by atoms with van der Waals surface area (Å²) in [6.07, 6.45) is 1.44. The van der Waals surface area contributed by atoms with Crippen molar-refractivity contribution in [1.29, 1.82) is 0 Å². The van der Waals surface area contributed by atoms with Crippen LogP contribution in [0.3, 0.4) is 0 Å². The second-order valence-electron chi connectivity index (χ2n) is 9.55. The lowest BCUT2D eigenvalue weighted by atomic mass is 9.96. The minimum atomic E-state index is -0.681. The number of hydrogen-bond donors (Lipinski definition) is 0. The number of hydrogen-bond acceptors (Lipinski definition) is 8. The van der Waals surface area contributed by atoms with Crippen LogP contribution in [0.25, 0.3) is 6.08 Å². The minimum Gasteiger partial charge on any atom is -0.459 e. The van der Waals surface area contributed by atoms with Gasteiger partial charge in [-0.15, -0.1) is 0 Å². The number of carbonyl (C=O) groups excluding carboxylic acids is 1. The average Bonchev–Trinajstić information content (AvgIpc) is 3.43. The number of allylic oxidation sites excluding steroid dienone is 1. The zero-order valence-corrected chi connectivity index (χ0v) is 22.8. The second kappa shape index (κ2) is 10.3. The Morgan fingerprint density at radius 1 is 1.16 bits per heavy atom. The number of halogens is 1. The fourth-order valence-corrected chi connectivity index (χ4v) is 5.72. The lowest BCUT2D eigenvalue weighted by Crippen LogP contribution is -2.44. The van der Waals surface area contributed by atoms with Gasteiger partial charge in [-0.2, -0.15) is 0 Å². The van der Waals surface area contributed by atoms with E-state index in [1.807, 2.05) is 24.3 Å². The first-order valence-electron chi connectivity index (χ1n) is 12.2. The predicted octanol–water partition coefficient (Wildman–Crippen LogP) is 3.19. The van der Waals surface area contributed by atoms with E-state index in [4.69, 9.17) is 20.8 Å². The number of carbonyl (C=O) groups is 1. The quantitative estimate of drug-likeness (QED) is 0.462. The molecule has 0 aliphatic carbocycles. The van der Waals surface area contributed by atoms with Crippen molar-refractivity contribution in [1.82, 2.24) is 9.47 Å². The molecule has 0 radical (unpaired) electrons. The standard InChI is InChI=1S/C27H29ClN4O4S/c1-16(2)35-26(34)23-17(3)29-27-32(24(23)18-5-7-19(28)8-6-18)25(33)21(37-27)15-20-9-10-22(36-20)31-13-11-30(4)12-14-31/h5-10,15-16,24H,11-14H2,1-4H3. The summed E-state index contributed by atoms with van der Waals surface area (Å²) in [5, 5.41) is 0.567. The Kier molecular flexibility index (Phi) is 7.11. The van der Waals surface area contributed by atoms with Crippen molar-refractivity contribution in [3.8, 4) is 0 Å². The van der Waals surface area contributed by atoms with Crippen molar-refractivity contribution in [3.05, 3.63) is 83.7 Å². The summed E-state index contributed by atoms with van der Waals surface area (Å²) < 4.78 is 13.7. The molecule has 1 unspecified atom stereocenters. The van der Waals surface area contributed by atoms with Crippen LogP contribution in [0.1, 0.15) is 38.1 Å². The summed E-state index contributed by atoms with van der Waals surface area (Å²) in [7, 11) is 2.11. The van der Waals surface area contributed by atoms with E-state index in [0.29, 0.717) is 31.4 Å². The van der Waals surface area contributed by atoms with Crippen LogP contribution in [0.5, 0.6) is 0 Å². The largest absolute Gasteiger partial charge is 0.459 e. The van der Waals surface area contributed by atoms with Crippen molar-refractivity contribution in [2.45, 2.75) is 32.9 Å². The molecule has 1 fully saturated rings. The Balaban J connectivity index is 1.58. The fraction of sp³-hybridized carbons (Fsp3) is 0.370. The van der Waals surface area contributed by atoms with Crippen molar-refractivity contribution >= 4 is 40.9 Å². The van der Waals surface area contributed by atoms with Gasteiger partial charge in [0.2, 0.25) is 0 Å². The molecule has 3 aromatic rings. The first kappa shape index (κ1) is 25.5. The Bertz CT molecular complexity index is 1530. The van der Waals surface area contributed by atoms with Crippen LogP contribution in [-0.2, 0) is 9.53 Å². The number of fused-ring (bicyclic) bond motifs is 1. The van der Waals surface area contributed by atoms with Gasteiger partial charge in [-0.3, -0.25) is 9.36 Å². The van der Waals surface area contributed by atoms with Gasteiger partial charge in [-0.05, 0) is 51.6 Å². The van der Waals surface area contributed by atoms with Gasteiger partial charge in [0.05, 0.1) is 27.9 Å². The molecule has 5 rings (SSSR count). The zero-order valence-electron chi connectivity index (χ0n) is 21.2. The molecule has 194 valence electrons. The van der Waals surface area contributed by atoms with Gasteiger partial charge in [-0.1, -0.05) is 35.1 Å². The van der Waals surface area contributed by atoms with E-state index in [1.54, 1.807) is 43.5 Å². The van der Waals surface area contributed by atoms with E-state index < -0.39 is 12.0 Å².